The van der Waals surface area contributed by atoms with Gasteiger partial charge in [-0.15, -0.1) is 0 Å². The normalized spacial score (nSPS) is 14.2. The minimum atomic E-state index is -0.130. The van der Waals surface area contributed by atoms with Crippen LogP contribution in [0.2, 0.25) is 0 Å². The molecule has 0 radical (unpaired) electrons. The predicted octanol–water partition coefficient (Wildman–Crippen LogP) is 4.69. The fourth-order valence-electron chi connectivity index (χ4n) is 3.50. The average Bonchev–Trinajstić information content (AvgIpc) is 2.77. The summed E-state index contributed by atoms with van der Waals surface area (Å²) in [5.41, 5.74) is 1.60. The van der Waals surface area contributed by atoms with E-state index in [9.17, 15) is 9.59 Å². The van der Waals surface area contributed by atoms with Gasteiger partial charge in [-0.2, -0.15) is 0 Å². The molecule has 3 rings (SSSR count). The summed E-state index contributed by atoms with van der Waals surface area (Å²) in [5, 5.41) is 2.87. The van der Waals surface area contributed by atoms with Crippen LogP contribution in [-0.4, -0.2) is 24.9 Å². The highest BCUT2D eigenvalue weighted by Crippen LogP contribution is 2.23. The molecule has 0 heterocycles. The van der Waals surface area contributed by atoms with Crippen molar-refractivity contribution in [3.8, 4) is 11.5 Å². The number of methoxy groups -OCH3 is 1. The van der Waals surface area contributed by atoms with Crippen molar-refractivity contribution in [2.75, 3.05) is 7.11 Å². The summed E-state index contributed by atoms with van der Waals surface area (Å²) < 4.78 is 11.1. The highest BCUT2D eigenvalue weighted by Gasteiger charge is 2.14. The molecule has 1 saturated carbocycles. The molecule has 0 aliphatic heterocycles. The van der Waals surface area contributed by atoms with Crippen LogP contribution >= 0.6 is 0 Å². The number of hydrogen-bond acceptors (Lipinski definition) is 4. The Bertz CT molecular complexity index is 793. The van der Waals surface area contributed by atoms with Crippen LogP contribution in [0.1, 0.15) is 60.9 Å². The number of benzene rings is 2. The maximum absolute atomic E-state index is 12.2. The van der Waals surface area contributed by atoms with Gasteiger partial charge in [-0.1, -0.05) is 18.6 Å². The molecular weight excluding hydrogens is 366 g/mol. The second-order valence-electron chi connectivity index (χ2n) is 7.45. The van der Waals surface area contributed by atoms with Crippen molar-refractivity contribution in [3.63, 3.8) is 0 Å². The SMILES string of the molecule is COc1ccc(C(=O)CCC(=O)NCc2ccc(OC3CCCCC3)cc2)cc1. The van der Waals surface area contributed by atoms with Gasteiger partial charge >= 0.3 is 0 Å². The van der Waals surface area contributed by atoms with Gasteiger partial charge in [-0.05, 0) is 67.6 Å². The molecule has 0 unspecified atom stereocenters. The van der Waals surface area contributed by atoms with E-state index < -0.39 is 0 Å². The fourth-order valence-corrected chi connectivity index (χ4v) is 3.50. The van der Waals surface area contributed by atoms with Gasteiger partial charge in [0.25, 0.3) is 0 Å². The largest absolute Gasteiger partial charge is 0.497 e. The maximum atomic E-state index is 12.2. The van der Waals surface area contributed by atoms with E-state index in [0.717, 1.165) is 24.2 Å². The first kappa shape index (κ1) is 20.9. The van der Waals surface area contributed by atoms with E-state index in [1.54, 1.807) is 31.4 Å². The van der Waals surface area contributed by atoms with E-state index in [2.05, 4.69) is 5.32 Å². The summed E-state index contributed by atoms with van der Waals surface area (Å²) >= 11 is 0. The van der Waals surface area contributed by atoms with Gasteiger partial charge < -0.3 is 14.8 Å². The zero-order valence-corrected chi connectivity index (χ0v) is 17.0. The number of rotatable bonds is 9. The van der Waals surface area contributed by atoms with Crippen LogP contribution in [-0.2, 0) is 11.3 Å². The molecule has 154 valence electrons. The zero-order valence-electron chi connectivity index (χ0n) is 17.0. The molecule has 0 atom stereocenters. The predicted molar refractivity (Wildman–Crippen MR) is 112 cm³/mol. The molecule has 29 heavy (non-hydrogen) atoms. The smallest absolute Gasteiger partial charge is 0.220 e. The van der Waals surface area contributed by atoms with Gasteiger partial charge in [0.1, 0.15) is 11.5 Å². The number of carbonyl (C=O) groups is 2. The van der Waals surface area contributed by atoms with Crippen LogP contribution in [0.4, 0.5) is 0 Å². The second-order valence-corrected chi connectivity index (χ2v) is 7.45. The molecule has 0 saturated heterocycles. The van der Waals surface area contributed by atoms with E-state index in [0.29, 0.717) is 24.0 Å². The first-order chi connectivity index (χ1) is 14.1. The van der Waals surface area contributed by atoms with Gasteiger partial charge in [0.05, 0.1) is 13.2 Å². The van der Waals surface area contributed by atoms with E-state index in [-0.39, 0.29) is 24.5 Å². The van der Waals surface area contributed by atoms with E-state index in [1.807, 2.05) is 24.3 Å². The summed E-state index contributed by atoms with van der Waals surface area (Å²) in [4.78, 5) is 24.3. The Morgan fingerprint density at radius 3 is 2.21 bits per heavy atom. The molecule has 1 amide bonds. The first-order valence-corrected chi connectivity index (χ1v) is 10.3. The van der Waals surface area contributed by atoms with Gasteiger partial charge in [0.15, 0.2) is 5.78 Å². The summed E-state index contributed by atoms with van der Waals surface area (Å²) in [6.07, 6.45) is 6.76. The number of Topliss-reactive ketones (excluding diaryl/α,β-unsaturated/α-hetero) is 1. The molecule has 1 aliphatic carbocycles. The lowest BCUT2D eigenvalue weighted by Crippen LogP contribution is -2.23. The van der Waals surface area contributed by atoms with Crippen LogP contribution in [0.5, 0.6) is 11.5 Å². The minimum Gasteiger partial charge on any atom is -0.497 e. The van der Waals surface area contributed by atoms with E-state index >= 15 is 0 Å². The van der Waals surface area contributed by atoms with Crippen LogP contribution in [0.25, 0.3) is 0 Å². The highest BCUT2D eigenvalue weighted by atomic mass is 16.5. The third kappa shape index (κ3) is 6.63. The average molecular weight is 395 g/mol. The maximum Gasteiger partial charge on any atom is 0.220 e. The lowest BCUT2D eigenvalue weighted by atomic mass is 9.98. The van der Waals surface area contributed by atoms with Crippen molar-refractivity contribution in [1.82, 2.24) is 5.32 Å². The number of nitrogens with one attached hydrogen (secondary N) is 1. The molecule has 0 aromatic heterocycles. The Balaban J connectivity index is 1.38. The summed E-state index contributed by atoms with van der Waals surface area (Å²) in [6.45, 7) is 0.444. The Morgan fingerprint density at radius 2 is 1.55 bits per heavy atom. The molecule has 1 aliphatic rings. The molecule has 5 nitrogen and oxygen atoms in total. The third-order valence-corrected chi connectivity index (χ3v) is 5.26. The van der Waals surface area contributed by atoms with Crippen LogP contribution < -0.4 is 14.8 Å². The van der Waals surface area contributed by atoms with Crippen molar-refractivity contribution in [2.24, 2.45) is 0 Å². The zero-order chi connectivity index (χ0) is 20.5. The van der Waals surface area contributed by atoms with Gasteiger partial charge in [-0.25, -0.2) is 0 Å². The second kappa shape index (κ2) is 10.6. The van der Waals surface area contributed by atoms with Crippen LogP contribution in [0, 0.1) is 0 Å². The highest BCUT2D eigenvalue weighted by molar-refractivity contribution is 5.98. The standard InChI is InChI=1S/C24H29NO4/c1-28-20-13-9-19(10-14-20)23(26)15-16-24(27)25-17-18-7-11-22(12-8-18)29-21-5-3-2-4-6-21/h7-14,21H,2-6,15-17H2,1H3,(H,25,27). The van der Waals surface area contributed by atoms with Gasteiger partial charge in [-0.3, -0.25) is 9.59 Å². The molecular formula is C24H29NO4. The molecule has 1 N–H and O–H groups in total. The van der Waals surface area contributed by atoms with Crippen molar-refractivity contribution >= 4 is 11.7 Å². The number of ketones is 1. The Hall–Kier alpha value is -2.82. The van der Waals surface area contributed by atoms with Gasteiger partial charge in [0, 0.05) is 24.9 Å². The quantitative estimate of drug-likeness (QED) is 0.626. The first-order valence-electron chi connectivity index (χ1n) is 10.3. The molecule has 2 aromatic rings. The van der Waals surface area contributed by atoms with Crippen molar-refractivity contribution in [2.45, 2.75) is 57.6 Å². The lowest BCUT2D eigenvalue weighted by Gasteiger charge is -2.23. The van der Waals surface area contributed by atoms with E-state index in [1.165, 1.54) is 19.3 Å². The lowest BCUT2D eigenvalue weighted by molar-refractivity contribution is -0.121. The Kier molecular flexibility index (Phi) is 7.68. The number of ether oxygens (including phenoxy) is 2. The number of hydrogen-bond donors (Lipinski definition) is 1. The number of amides is 1. The third-order valence-electron chi connectivity index (χ3n) is 5.26. The van der Waals surface area contributed by atoms with Crippen molar-refractivity contribution < 1.29 is 19.1 Å². The molecule has 5 heteroatoms. The topological polar surface area (TPSA) is 64.6 Å². The van der Waals surface area contributed by atoms with Crippen molar-refractivity contribution in [3.05, 3.63) is 59.7 Å². The minimum absolute atomic E-state index is 0.0491. The summed E-state index contributed by atoms with van der Waals surface area (Å²) in [5.74, 6) is 1.41. The molecule has 0 spiro atoms. The van der Waals surface area contributed by atoms with E-state index in [4.69, 9.17) is 9.47 Å². The Morgan fingerprint density at radius 1 is 0.897 bits per heavy atom. The van der Waals surface area contributed by atoms with Crippen molar-refractivity contribution in [1.29, 1.82) is 0 Å². The molecule has 0 bridgehead atoms. The Labute approximate surface area is 172 Å². The van der Waals surface area contributed by atoms with Gasteiger partial charge in [0.2, 0.25) is 5.91 Å². The molecule has 1 fully saturated rings. The van der Waals surface area contributed by atoms with Crippen LogP contribution in [0.3, 0.4) is 0 Å². The number of carbonyl (C=O) groups excluding carboxylic acids is 2. The summed E-state index contributed by atoms with van der Waals surface area (Å²) in [7, 11) is 1.58. The van der Waals surface area contributed by atoms with Crippen LogP contribution in [0.15, 0.2) is 48.5 Å². The summed E-state index contributed by atoms with van der Waals surface area (Å²) in [6, 6.07) is 14.8. The monoisotopic (exact) mass is 395 g/mol. The fraction of sp³-hybridized carbons (Fsp3) is 0.417. The molecule has 2 aromatic carbocycles.